The highest BCUT2D eigenvalue weighted by atomic mass is 35.5. The summed E-state index contributed by atoms with van der Waals surface area (Å²) in [5, 5.41) is 13.0. The SMILES string of the molecule is COc1cc(CNc2ccc(C)c(O)c2)cc(OC)c1OC.Cl. The molecule has 0 aromatic heterocycles. The topological polar surface area (TPSA) is 60.0 Å². The number of ether oxygens (including phenoxy) is 3. The summed E-state index contributed by atoms with van der Waals surface area (Å²) < 4.78 is 16.0. The number of phenols is 1. The number of aryl methyl sites for hydroxylation is 1. The van der Waals surface area contributed by atoms with Gasteiger partial charge in [-0.15, -0.1) is 12.4 Å². The van der Waals surface area contributed by atoms with Crippen molar-refractivity contribution in [1.82, 2.24) is 0 Å². The van der Waals surface area contributed by atoms with Crippen LogP contribution in [0.5, 0.6) is 23.0 Å². The molecule has 0 fully saturated rings. The maximum absolute atomic E-state index is 9.73. The van der Waals surface area contributed by atoms with Gasteiger partial charge in [-0.2, -0.15) is 0 Å². The van der Waals surface area contributed by atoms with Crippen molar-refractivity contribution in [2.24, 2.45) is 0 Å². The molecule has 2 N–H and O–H groups in total. The Morgan fingerprint density at radius 1 is 0.957 bits per heavy atom. The van der Waals surface area contributed by atoms with Crippen molar-refractivity contribution >= 4 is 18.1 Å². The Hall–Kier alpha value is -2.27. The molecule has 2 rings (SSSR count). The molecule has 6 heteroatoms. The van der Waals surface area contributed by atoms with Crippen LogP contribution < -0.4 is 19.5 Å². The minimum atomic E-state index is 0. The third-order valence-corrected chi connectivity index (χ3v) is 3.43. The molecule has 0 unspecified atom stereocenters. The van der Waals surface area contributed by atoms with Crippen LogP contribution in [0.15, 0.2) is 30.3 Å². The van der Waals surface area contributed by atoms with E-state index in [0.29, 0.717) is 23.8 Å². The predicted octanol–water partition coefficient (Wildman–Crippen LogP) is 3.76. The van der Waals surface area contributed by atoms with Crippen LogP contribution in [-0.2, 0) is 6.54 Å². The van der Waals surface area contributed by atoms with E-state index in [1.807, 2.05) is 31.2 Å². The minimum Gasteiger partial charge on any atom is -0.508 e. The maximum atomic E-state index is 9.73. The van der Waals surface area contributed by atoms with E-state index in [1.165, 1.54) is 0 Å². The summed E-state index contributed by atoms with van der Waals surface area (Å²) in [5.74, 6) is 2.08. The minimum absolute atomic E-state index is 0. The van der Waals surface area contributed by atoms with Gasteiger partial charge in [0, 0.05) is 18.3 Å². The molecule has 0 aliphatic rings. The first kappa shape index (κ1) is 18.8. The summed E-state index contributed by atoms with van der Waals surface area (Å²) in [5.41, 5.74) is 2.67. The van der Waals surface area contributed by atoms with Gasteiger partial charge in [-0.3, -0.25) is 0 Å². The number of benzene rings is 2. The van der Waals surface area contributed by atoms with E-state index >= 15 is 0 Å². The fourth-order valence-electron chi connectivity index (χ4n) is 2.16. The molecule has 0 saturated heterocycles. The fraction of sp³-hybridized carbons (Fsp3) is 0.294. The monoisotopic (exact) mass is 339 g/mol. The van der Waals surface area contributed by atoms with Gasteiger partial charge >= 0.3 is 0 Å². The first-order chi connectivity index (χ1) is 10.6. The summed E-state index contributed by atoms with van der Waals surface area (Å²) in [4.78, 5) is 0. The summed E-state index contributed by atoms with van der Waals surface area (Å²) in [6, 6.07) is 9.28. The highest BCUT2D eigenvalue weighted by Gasteiger charge is 2.13. The van der Waals surface area contributed by atoms with Gasteiger partial charge in [0.1, 0.15) is 5.75 Å². The molecule has 0 radical (unpaired) electrons. The van der Waals surface area contributed by atoms with E-state index in [1.54, 1.807) is 27.4 Å². The zero-order chi connectivity index (χ0) is 16.1. The largest absolute Gasteiger partial charge is 0.508 e. The quantitative estimate of drug-likeness (QED) is 0.839. The number of rotatable bonds is 6. The molecule has 0 amide bonds. The number of hydrogen-bond donors (Lipinski definition) is 2. The normalized spacial score (nSPS) is 9.74. The van der Waals surface area contributed by atoms with Crippen LogP contribution in [0.4, 0.5) is 5.69 Å². The lowest BCUT2D eigenvalue weighted by atomic mass is 10.1. The molecule has 0 atom stereocenters. The Bertz CT molecular complexity index is 636. The Morgan fingerprint density at radius 2 is 1.57 bits per heavy atom. The van der Waals surface area contributed by atoms with Crippen molar-refractivity contribution in [3.05, 3.63) is 41.5 Å². The molecular weight excluding hydrogens is 318 g/mol. The highest BCUT2D eigenvalue weighted by Crippen LogP contribution is 2.38. The molecule has 0 bridgehead atoms. The second-order valence-electron chi connectivity index (χ2n) is 4.89. The van der Waals surface area contributed by atoms with Crippen molar-refractivity contribution in [2.45, 2.75) is 13.5 Å². The summed E-state index contributed by atoms with van der Waals surface area (Å²) in [6.07, 6.45) is 0. The van der Waals surface area contributed by atoms with Crippen molar-refractivity contribution < 1.29 is 19.3 Å². The zero-order valence-corrected chi connectivity index (χ0v) is 14.5. The third kappa shape index (κ3) is 4.36. The van der Waals surface area contributed by atoms with Gasteiger partial charge in [-0.1, -0.05) is 6.07 Å². The van der Waals surface area contributed by atoms with Crippen LogP contribution in [0.1, 0.15) is 11.1 Å². The molecule has 2 aromatic rings. The van der Waals surface area contributed by atoms with Gasteiger partial charge in [0.05, 0.1) is 21.3 Å². The lowest BCUT2D eigenvalue weighted by molar-refractivity contribution is 0.324. The van der Waals surface area contributed by atoms with Crippen molar-refractivity contribution in [2.75, 3.05) is 26.6 Å². The Balaban J connectivity index is 0.00000264. The number of halogens is 1. The number of nitrogens with one attached hydrogen (secondary N) is 1. The van der Waals surface area contributed by atoms with Crippen LogP contribution >= 0.6 is 12.4 Å². The Kier molecular flexibility index (Phi) is 6.85. The van der Waals surface area contributed by atoms with Crippen molar-refractivity contribution in [3.8, 4) is 23.0 Å². The van der Waals surface area contributed by atoms with E-state index in [9.17, 15) is 5.11 Å². The molecule has 0 aliphatic carbocycles. The first-order valence-electron chi connectivity index (χ1n) is 6.91. The Labute approximate surface area is 142 Å². The average Bonchev–Trinajstić information content (AvgIpc) is 2.54. The van der Waals surface area contributed by atoms with Crippen molar-refractivity contribution in [3.63, 3.8) is 0 Å². The number of anilines is 1. The number of phenolic OH excluding ortho intramolecular Hbond substituents is 1. The van der Waals surface area contributed by atoms with Gasteiger partial charge in [0.15, 0.2) is 11.5 Å². The van der Waals surface area contributed by atoms with Crippen LogP contribution in [0.25, 0.3) is 0 Å². The van der Waals surface area contributed by atoms with Crippen molar-refractivity contribution in [1.29, 1.82) is 0 Å². The van der Waals surface area contributed by atoms with Gasteiger partial charge in [-0.05, 0) is 36.2 Å². The molecule has 0 heterocycles. The molecule has 0 spiro atoms. The van der Waals surface area contributed by atoms with E-state index in [4.69, 9.17) is 14.2 Å². The predicted molar refractivity (Wildman–Crippen MR) is 93.5 cm³/mol. The van der Waals surface area contributed by atoms with E-state index in [0.717, 1.165) is 16.8 Å². The molecule has 5 nitrogen and oxygen atoms in total. The smallest absolute Gasteiger partial charge is 0.203 e. The lowest BCUT2D eigenvalue weighted by Gasteiger charge is -2.15. The molecule has 23 heavy (non-hydrogen) atoms. The highest BCUT2D eigenvalue weighted by molar-refractivity contribution is 5.85. The number of methoxy groups -OCH3 is 3. The molecule has 2 aromatic carbocycles. The summed E-state index contributed by atoms with van der Waals surface area (Å²) in [7, 11) is 4.76. The molecule has 0 aliphatic heterocycles. The van der Waals surface area contributed by atoms with Crippen LogP contribution in [0.3, 0.4) is 0 Å². The number of aromatic hydroxyl groups is 1. The lowest BCUT2D eigenvalue weighted by Crippen LogP contribution is -2.02. The van der Waals surface area contributed by atoms with E-state index in [-0.39, 0.29) is 18.2 Å². The second-order valence-corrected chi connectivity index (χ2v) is 4.89. The van der Waals surface area contributed by atoms with E-state index < -0.39 is 0 Å². The summed E-state index contributed by atoms with van der Waals surface area (Å²) in [6.45, 7) is 2.43. The molecular formula is C17H22ClNO4. The Morgan fingerprint density at radius 3 is 2.04 bits per heavy atom. The van der Waals surface area contributed by atoms with Crippen LogP contribution in [0, 0.1) is 6.92 Å². The fourth-order valence-corrected chi connectivity index (χ4v) is 2.16. The standard InChI is InChI=1S/C17H21NO4.ClH/c1-11-5-6-13(9-14(11)19)18-10-12-7-15(20-2)17(22-4)16(8-12)21-3;/h5-9,18-19H,10H2,1-4H3;1H. The zero-order valence-electron chi connectivity index (χ0n) is 13.7. The molecule has 0 saturated carbocycles. The van der Waals surface area contributed by atoms with Crippen LogP contribution in [-0.4, -0.2) is 26.4 Å². The molecule has 126 valence electrons. The first-order valence-corrected chi connectivity index (χ1v) is 6.91. The maximum Gasteiger partial charge on any atom is 0.203 e. The third-order valence-electron chi connectivity index (χ3n) is 3.43. The second kappa shape index (κ2) is 8.39. The summed E-state index contributed by atoms with van der Waals surface area (Å²) >= 11 is 0. The van der Waals surface area contributed by atoms with Gasteiger partial charge in [-0.25, -0.2) is 0 Å². The van der Waals surface area contributed by atoms with Crippen LogP contribution in [0.2, 0.25) is 0 Å². The van der Waals surface area contributed by atoms with E-state index in [2.05, 4.69) is 5.32 Å². The number of hydrogen-bond acceptors (Lipinski definition) is 5. The average molecular weight is 340 g/mol. The van der Waals surface area contributed by atoms with Gasteiger partial charge in [0.25, 0.3) is 0 Å². The van der Waals surface area contributed by atoms with Gasteiger partial charge < -0.3 is 24.6 Å². The van der Waals surface area contributed by atoms with Gasteiger partial charge in [0.2, 0.25) is 5.75 Å².